The van der Waals surface area contributed by atoms with Crippen LogP contribution in [-0.2, 0) is 4.74 Å². The lowest BCUT2D eigenvalue weighted by atomic mass is 9.85. The Balaban J connectivity index is 2.54. The van der Waals surface area contributed by atoms with Crippen molar-refractivity contribution in [1.82, 2.24) is 5.32 Å². The molecule has 0 unspecified atom stereocenters. The van der Waals surface area contributed by atoms with Gasteiger partial charge in [0, 0.05) is 11.6 Å². The number of aryl methyl sites for hydroxylation is 1. The minimum atomic E-state index is -0.977. The third-order valence-corrected chi connectivity index (χ3v) is 4.14. The molecule has 7 heteroatoms. The van der Waals surface area contributed by atoms with Crippen LogP contribution in [0.4, 0.5) is 10.5 Å². The SMILES string of the molecule is Cc1ccccc1[C@@H](NC(=O)OC(C)(C)C)[C@H](C#N)c1ccccc1[N+](=O)[O-]. The van der Waals surface area contributed by atoms with Crippen molar-refractivity contribution in [3.63, 3.8) is 0 Å². The smallest absolute Gasteiger partial charge is 0.408 e. The van der Waals surface area contributed by atoms with Crippen LogP contribution in [0, 0.1) is 28.4 Å². The highest BCUT2D eigenvalue weighted by atomic mass is 16.6. The number of carbonyl (C=O) groups is 1. The Bertz CT molecular complexity index is 912. The molecule has 1 N–H and O–H groups in total. The zero-order valence-electron chi connectivity index (χ0n) is 16.3. The number of hydrogen-bond acceptors (Lipinski definition) is 5. The Morgan fingerprint density at radius 1 is 1.14 bits per heavy atom. The number of nitrogens with zero attached hydrogens (tertiary/aromatic N) is 2. The van der Waals surface area contributed by atoms with Gasteiger partial charge in [-0.15, -0.1) is 0 Å². The lowest BCUT2D eigenvalue weighted by molar-refractivity contribution is -0.385. The van der Waals surface area contributed by atoms with Crippen LogP contribution in [0.5, 0.6) is 0 Å². The first-order valence-corrected chi connectivity index (χ1v) is 8.82. The molecule has 0 aromatic heterocycles. The second-order valence-corrected chi connectivity index (χ2v) is 7.40. The van der Waals surface area contributed by atoms with Crippen LogP contribution in [0.1, 0.15) is 49.4 Å². The van der Waals surface area contributed by atoms with Gasteiger partial charge in [0.15, 0.2) is 0 Å². The normalized spacial score (nSPS) is 13.1. The van der Waals surface area contributed by atoms with E-state index in [9.17, 15) is 20.2 Å². The van der Waals surface area contributed by atoms with Crippen LogP contribution in [0.3, 0.4) is 0 Å². The molecule has 146 valence electrons. The van der Waals surface area contributed by atoms with E-state index in [1.165, 1.54) is 12.1 Å². The van der Waals surface area contributed by atoms with Gasteiger partial charge in [0.1, 0.15) is 11.5 Å². The molecule has 2 atom stereocenters. The van der Waals surface area contributed by atoms with E-state index in [4.69, 9.17) is 4.74 Å². The van der Waals surface area contributed by atoms with E-state index < -0.39 is 28.6 Å². The molecule has 0 saturated carbocycles. The van der Waals surface area contributed by atoms with Gasteiger partial charge in [-0.2, -0.15) is 5.26 Å². The summed E-state index contributed by atoms with van der Waals surface area (Å²) in [7, 11) is 0. The van der Waals surface area contributed by atoms with Crippen LogP contribution in [0.2, 0.25) is 0 Å². The lowest BCUT2D eigenvalue weighted by Gasteiger charge is -2.27. The summed E-state index contributed by atoms with van der Waals surface area (Å²) >= 11 is 0. The van der Waals surface area contributed by atoms with Crippen LogP contribution >= 0.6 is 0 Å². The fraction of sp³-hybridized carbons (Fsp3) is 0.333. The van der Waals surface area contributed by atoms with E-state index in [1.54, 1.807) is 45.0 Å². The first kappa shape index (κ1) is 20.9. The fourth-order valence-electron chi connectivity index (χ4n) is 2.95. The van der Waals surface area contributed by atoms with Gasteiger partial charge >= 0.3 is 6.09 Å². The number of hydrogen-bond donors (Lipinski definition) is 1. The van der Waals surface area contributed by atoms with E-state index >= 15 is 0 Å². The van der Waals surface area contributed by atoms with Crippen molar-refractivity contribution < 1.29 is 14.5 Å². The van der Waals surface area contributed by atoms with Gasteiger partial charge in [0.25, 0.3) is 5.69 Å². The molecular formula is C21H23N3O4. The van der Waals surface area contributed by atoms with Crippen molar-refractivity contribution in [2.24, 2.45) is 0 Å². The molecule has 28 heavy (non-hydrogen) atoms. The third kappa shape index (κ3) is 5.07. The maximum Gasteiger partial charge on any atom is 0.408 e. The zero-order valence-corrected chi connectivity index (χ0v) is 16.3. The molecule has 0 bridgehead atoms. The number of para-hydroxylation sites is 1. The van der Waals surface area contributed by atoms with Crippen LogP contribution < -0.4 is 5.32 Å². The van der Waals surface area contributed by atoms with Crippen LogP contribution in [0.15, 0.2) is 48.5 Å². The maximum absolute atomic E-state index is 12.4. The Morgan fingerprint density at radius 3 is 2.25 bits per heavy atom. The maximum atomic E-state index is 12.4. The number of carbonyl (C=O) groups excluding carboxylic acids is 1. The number of nitro groups is 1. The fourth-order valence-corrected chi connectivity index (χ4v) is 2.95. The van der Waals surface area contributed by atoms with Gasteiger partial charge in [-0.1, -0.05) is 42.5 Å². The topological polar surface area (TPSA) is 105 Å². The Kier molecular flexibility index (Phi) is 6.37. The van der Waals surface area contributed by atoms with Crippen molar-refractivity contribution in [2.45, 2.75) is 45.3 Å². The molecule has 0 saturated heterocycles. The average molecular weight is 381 g/mol. The number of nitro benzene ring substituents is 1. The van der Waals surface area contributed by atoms with Crippen molar-refractivity contribution in [3.05, 3.63) is 75.3 Å². The predicted octanol–water partition coefficient (Wildman–Crippen LogP) is 4.78. The number of amides is 1. The highest BCUT2D eigenvalue weighted by Crippen LogP contribution is 2.36. The lowest BCUT2D eigenvalue weighted by Crippen LogP contribution is -2.37. The molecule has 0 fully saturated rings. The molecule has 0 aliphatic heterocycles. The third-order valence-electron chi connectivity index (χ3n) is 4.14. The summed E-state index contributed by atoms with van der Waals surface area (Å²) in [6.45, 7) is 7.06. The first-order chi connectivity index (χ1) is 13.1. The highest BCUT2D eigenvalue weighted by Gasteiger charge is 2.33. The van der Waals surface area contributed by atoms with Gasteiger partial charge in [0.05, 0.1) is 17.0 Å². The molecule has 0 heterocycles. The Morgan fingerprint density at radius 2 is 1.71 bits per heavy atom. The monoisotopic (exact) mass is 381 g/mol. The minimum absolute atomic E-state index is 0.168. The summed E-state index contributed by atoms with van der Waals surface area (Å²) in [6.07, 6.45) is -0.695. The van der Waals surface area contributed by atoms with E-state index in [0.717, 1.165) is 5.56 Å². The summed E-state index contributed by atoms with van der Waals surface area (Å²) in [6, 6.07) is 14.7. The van der Waals surface area contributed by atoms with Gasteiger partial charge < -0.3 is 10.1 Å². The summed E-state index contributed by atoms with van der Waals surface area (Å²) in [5.74, 6) is -0.977. The molecule has 2 aromatic rings. The van der Waals surface area contributed by atoms with Crippen LogP contribution in [-0.4, -0.2) is 16.6 Å². The zero-order chi connectivity index (χ0) is 20.9. The van der Waals surface area contributed by atoms with E-state index in [2.05, 4.69) is 11.4 Å². The molecule has 0 aliphatic rings. The number of nitrogens with one attached hydrogen (secondary N) is 1. The van der Waals surface area contributed by atoms with Crippen LogP contribution in [0.25, 0.3) is 0 Å². The van der Waals surface area contributed by atoms with Crippen molar-refractivity contribution in [3.8, 4) is 6.07 Å². The Labute approximate surface area is 164 Å². The number of alkyl carbamates (subject to hydrolysis) is 1. The quantitative estimate of drug-likeness (QED) is 0.593. The summed E-state index contributed by atoms with van der Waals surface area (Å²) in [5, 5.41) is 24.1. The molecule has 1 amide bonds. The molecule has 0 spiro atoms. The molecular weight excluding hydrogens is 358 g/mol. The minimum Gasteiger partial charge on any atom is -0.444 e. The van der Waals surface area contributed by atoms with E-state index in [1.807, 2.05) is 19.1 Å². The number of benzene rings is 2. The molecule has 2 aromatic carbocycles. The molecule has 2 rings (SSSR count). The van der Waals surface area contributed by atoms with E-state index in [-0.39, 0.29) is 11.3 Å². The number of ether oxygens (including phenoxy) is 1. The molecule has 0 radical (unpaired) electrons. The van der Waals surface area contributed by atoms with Crippen molar-refractivity contribution >= 4 is 11.8 Å². The summed E-state index contributed by atoms with van der Waals surface area (Å²) < 4.78 is 5.34. The van der Waals surface area contributed by atoms with Crippen molar-refractivity contribution in [2.75, 3.05) is 0 Å². The predicted molar refractivity (Wildman–Crippen MR) is 105 cm³/mol. The largest absolute Gasteiger partial charge is 0.444 e. The van der Waals surface area contributed by atoms with Gasteiger partial charge in [0.2, 0.25) is 0 Å². The van der Waals surface area contributed by atoms with Gasteiger partial charge in [-0.25, -0.2) is 4.79 Å². The standard InChI is InChI=1S/C21H23N3O4/c1-14-9-5-6-10-15(14)19(23-20(25)28-21(2,3)4)17(13-22)16-11-7-8-12-18(16)24(26)27/h5-12,17,19H,1-4H3,(H,23,25)/t17-,19-/m1/s1. The number of rotatable bonds is 5. The summed E-state index contributed by atoms with van der Waals surface area (Å²) in [4.78, 5) is 23.4. The van der Waals surface area contributed by atoms with E-state index in [0.29, 0.717) is 5.56 Å². The van der Waals surface area contributed by atoms with Gasteiger partial charge in [-0.05, 0) is 38.8 Å². The molecule has 0 aliphatic carbocycles. The van der Waals surface area contributed by atoms with Gasteiger partial charge in [-0.3, -0.25) is 10.1 Å². The van der Waals surface area contributed by atoms with Crippen molar-refractivity contribution in [1.29, 1.82) is 5.26 Å². The number of nitriles is 1. The summed E-state index contributed by atoms with van der Waals surface area (Å²) in [5.41, 5.74) is 0.889. The first-order valence-electron chi connectivity index (χ1n) is 8.82. The highest BCUT2D eigenvalue weighted by molar-refractivity contribution is 5.69. The molecule has 7 nitrogen and oxygen atoms in total. The average Bonchev–Trinajstić information content (AvgIpc) is 2.60. The second kappa shape index (κ2) is 8.53. The second-order valence-electron chi connectivity index (χ2n) is 7.40. The Hall–Kier alpha value is -3.40.